The lowest BCUT2D eigenvalue weighted by Gasteiger charge is -2.35. The van der Waals surface area contributed by atoms with Crippen LogP contribution in [-0.2, 0) is 23.9 Å². The van der Waals surface area contributed by atoms with Gasteiger partial charge in [-0.15, -0.1) is 23.1 Å². The van der Waals surface area contributed by atoms with E-state index in [-0.39, 0.29) is 29.5 Å². The van der Waals surface area contributed by atoms with E-state index in [1.807, 2.05) is 36.0 Å². The van der Waals surface area contributed by atoms with Gasteiger partial charge in [0.25, 0.3) is 5.91 Å². The van der Waals surface area contributed by atoms with Gasteiger partial charge in [-0.2, -0.15) is 0 Å². The smallest absolute Gasteiger partial charge is 0.258 e. The van der Waals surface area contributed by atoms with Gasteiger partial charge < -0.3 is 14.8 Å². The van der Waals surface area contributed by atoms with E-state index in [0.29, 0.717) is 24.8 Å². The fourth-order valence-corrected chi connectivity index (χ4v) is 7.50. The Morgan fingerprint density at radius 1 is 1.00 bits per heavy atom. The number of amides is 2. The van der Waals surface area contributed by atoms with Crippen molar-refractivity contribution in [2.24, 2.45) is 0 Å². The van der Waals surface area contributed by atoms with E-state index in [9.17, 15) is 9.59 Å². The number of hydroxylamine groups is 1. The monoisotopic (exact) mass is 530 g/mol. The number of rotatable bonds is 10. The van der Waals surface area contributed by atoms with Gasteiger partial charge in [0.1, 0.15) is 5.75 Å². The third-order valence-electron chi connectivity index (χ3n) is 6.75. The molecule has 2 N–H and O–H groups in total. The average Bonchev–Trinajstić information content (AvgIpc) is 3.58. The number of carbonyl (C=O) groups excluding carboxylic acids is 2. The van der Waals surface area contributed by atoms with Crippen molar-refractivity contribution in [2.75, 3.05) is 19.0 Å². The molecule has 36 heavy (non-hydrogen) atoms. The molecule has 3 fully saturated rings. The van der Waals surface area contributed by atoms with Crippen LogP contribution in [-0.4, -0.2) is 43.1 Å². The molecule has 0 spiro atoms. The molecule has 1 aromatic heterocycles. The highest BCUT2D eigenvalue weighted by atomic mass is 32.2. The summed E-state index contributed by atoms with van der Waals surface area (Å²) in [6.45, 7) is 0.721. The normalized spacial score (nSPS) is 24.2. The maximum absolute atomic E-state index is 12.9. The van der Waals surface area contributed by atoms with Gasteiger partial charge in [0.2, 0.25) is 5.91 Å². The lowest BCUT2D eigenvalue weighted by molar-refractivity contribution is -0.200. The summed E-state index contributed by atoms with van der Waals surface area (Å²) in [5.41, 5.74) is 3.75. The van der Waals surface area contributed by atoms with Gasteiger partial charge >= 0.3 is 0 Å². The fraction of sp³-hybridized carbons (Fsp3) is 0.556. The summed E-state index contributed by atoms with van der Waals surface area (Å²) in [6.07, 6.45) is 8.35. The highest BCUT2D eigenvalue weighted by molar-refractivity contribution is 8.00. The fourth-order valence-electron chi connectivity index (χ4n) is 4.60. The molecular formula is C27H34N2O5S2. The molecular weight excluding hydrogens is 496 g/mol. The number of carbonyl (C=O) groups is 2. The third-order valence-corrected chi connectivity index (χ3v) is 9.83. The number of hydrogen-bond donors (Lipinski definition) is 2. The SMILES string of the molecule is O=C(C[C@]1(c2ccc(-c3ccc(OCC(=O)NC4CC4)cc3)s2)CCCCS1)NOC1CCCCO1. The first kappa shape index (κ1) is 25.6. The van der Waals surface area contributed by atoms with Crippen LogP contribution in [0.5, 0.6) is 5.75 Å². The highest BCUT2D eigenvalue weighted by Crippen LogP contribution is 2.51. The van der Waals surface area contributed by atoms with Gasteiger partial charge in [0.15, 0.2) is 12.9 Å². The van der Waals surface area contributed by atoms with Crippen molar-refractivity contribution in [1.29, 1.82) is 0 Å². The molecule has 0 radical (unpaired) electrons. The maximum Gasteiger partial charge on any atom is 0.258 e. The van der Waals surface area contributed by atoms with Crippen molar-refractivity contribution in [3.05, 3.63) is 41.3 Å². The molecule has 7 nitrogen and oxygen atoms in total. The molecule has 3 aliphatic rings. The number of thioether (sulfide) groups is 1. The van der Waals surface area contributed by atoms with Gasteiger partial charge in [-0.3, -0.25) is 9.59 Å². The minimum atomic E-state index is -0.342. The van der Waals surface area contributed by atoms with Crippen molar-refractivity contribution in [3.8, 4) is 16.2 Å². The first-order valence-corrected chi connectivity index (χ1v) is 14.7. The van der Waals surface area contributed by atoms with Crippen molar-refractivity contribution in [2.45, 2.75) is 74.9 Å². The van der Waals surface area contributed by atoms with E-state index < -0.39 is 0 Å². The Bertz CT molecular complexity index is 1030. The standard InChI is InChI=1S/C27H34N2O5S2/c30-24(29-34-26-5-1-3-15-32-26)17-27(14-2-4-16-35-27)23-13-12-22(36-23)19-6-10-21(11-7-19)33-18-25(31)28-20-8-9-20/h6-7,10-13,20,26H,1-5,8-9,14-18H2,(H,28,31)(H,29,30)/t26?,27-/m0/s1. The van der Waals surface area contributed by atoms with Crippen molar-refractivity contribution >= 4 is 34.9 Å². The molecule has 3 heterocycles. The predicted octanol–water partition coefficient (Wildman–Crippen LogP) is 5.15. The summed E-state index contributed by atoms with van der Waals surface area (Å²) >= 11 is 3.63. The molecule has 1 aliphatic carbocycles. The van der Waals surface area contributed by atoms with E-state index in [2.05, 4.69) is 22.9 Å². The van der Waals surface area contributed by atoms with Gasteiger partial charge in [0, 0.05) is 35.2 Å². The molecule has 1 aromatic carbocycles. The number of hydrogen-bond acceptors (Lipinski definition) is 7. The van der Waals surface area contributed by atoms with Crippen molar-refractivity contribution < 1.29 is 23.9 Å². The van der Waals surface area contributed by atoms with Crippen LogP contribution in [0.4, 0.5) is 0 Å². The number of thiophene rings is 1. The molecule has 194 valence electrons. The summed E-state index contributed by atoms with van der Waals surface area (Å²) < 4.78 is 11.0. The summed E-state index contributed by atoms with van der Waals surface area (Å²) in [5, 5.41) is 2.93. The number of ether oxygens (including phenoxy) is 2. The second-order valence-corrected chi connectivity index (χ2v) is 12.3. The van der Waals surface area contributed by atoms with Crippen LogP contribution in [0, 0.1) is 0 Å². The predicted molar refractivity (Wildman–Crippen MR) is 142 cm³/mol. The Hall–Kier alpha value is -2.07. The second-order valence-electron chi connectivity index (χ2n) is 9.73. The lowest BCUT2D eigenvalue weighted by atomic mass is 9.94. The minimum Gasteiger partial charge on any atom is -0.484 e. The van der Waals surface area contributed by atoms with Crippen LogP contribution in [0.25, 0.3) is 10.4 Å². The molecule has 2 aromatic rings. The van der Waals surface area contributed by atoms with Crippen LogP contribution >= 0.6 is 23.1 Å². The molecule has 2 aliphatic heterocycles. The molecule has 0 bridgehead atoms. The van der Waals surface area contributed by atoms with Gasteiger partial charge in [0.05, 0.1) is 4.75 Å². The minimum absolute atomic E-state index is 0.0391. The first-order chi connectivity index (χ1) is 17.6. The van der Waals surface area contributed by atoms with E-state index in [1.165, 1.54) is 11.3 Å². The Morgan fingerprint density at radius 3 is 2.58 bits per heavy atom. The molecule has 2 amide bonds. The number of nitrogens with one attached hydrogen (secondary N) is 2. The molecule has 1 saturated carbocycles. The summed E-state index contributed by atoms with van der Waals surface area (Å²) in [4.78, 5) is 32.7. The average molecular weight is 531 g/mol. The molecule has 2 saturated heterocycles. The molecule has 9 heteroatoms. The maximum atomic E-state index is 12.9. The Morgan fingerprint density at radius 2 is 1.86 bits per heavy atom. The molecule has 5 rings (SSSR count). The Balaban J connectivity index is 1.20. The lowest BCUT2D eigenvalue weighted by Crippen LogP contribution is -2.37. The zero-order valence-electron chi connectivity index (χ0n) is 20.5. The Kier molecular flexibility index (Phi) is 8.51. The van der Waals surface area contributed by atoms with Crippen LogP contribution in [0.3, 0.4) is 0 Å². The second kappa shape index (κ2) is 12.0. The van der Waals surface area contributed by atoms with Crippen LogP contribution in [0.15, 0.2) is 36.4 Å². The summed E-state index contributed by atoms with van der Waals surface area (Å²) in [6, 6.07) is 12.5. The highest BCUT2D eigenvalue weighted by Gasteiger charge is 2.38. The van der Waals surface area contributed by atoms with Crippen LogP contribution in [0.2, 0.25) is 0 Å². The Labute approximate surface area is 220 Å². The summed E-state index contributed by atoms with van der Waals surface area (Å²) in [5.74, 6) is 1.56. The van der Waals surface area contributed by atoms with E-state index in [1.54, 1.807) is 11.3 Å². The van der Waals surface area contributed by atoms with E-state index in [0.717, 1.165) is 61.1 Å². The quantitative estimate of drug-likeness (QED) is 0.413. The van der Waals surface area contributed by atoms with Crippen LogP contribution < -0.4 is 15.5 Å². The van der Waals surface area contributed by atoms with Gasteiger partial charge in [-0.25, -0.2) is 10.3 Å². The zero-order chi connectivity index (χ0) is 24.8. The largest absolute Gasteiger partial charge is 0.484 e. The van der Waals surface area contributed by atoms with Gasteiger partial charge in [-0.1, -0.05) is 6.42 Å². The number of benzene rings is 1. The molecule has 1 unspecified atom stereocenters. The third kappa shape index (κ3) is 6.82. The zero-order valence-corrected chi connectivity index (χ0v) is 22.1. The van der Waals surface area contributed by atoms with E-state index >= 15 is 0 Å². The van der Waals surface area contributed by atoms with Crippen LogP contribution in [0.1, 0.15) is 62.7 Å². The van der Waals surface area contributed by atoms with Crippen molar-refractivity contribution in [3.63, 3.8) is 0 Å². The molecule has 2 atom stereocenters. The first-order valence-electron chi connectivity index (χ1n) is 12.9. The van der Waals surface area contributed by atoms with E-state index in [4.69, 9.17) is 14.3 Å². The van der Waals surface area contributed by atoms with Crippen molar-refractivity contribution in [1.82, 2.24) is 10.8 Å². The van der Waals surface area contributed by atoms with Gasteiger partial charge in [-0.05, 0) is 86.2 Å². The topological polar surface area (TPSA) is 85.9 Å². The summed E-state index contributed by atoms with van der Waals surface area (Å²) in [7, 11) is 0.